The number of benzene rings is 1. The highest BCUT2D eigenvalue weighted by molar-refractivity contribution is 5.87. The summed E-state index contributed by atoms with van der Waals surface area (Å²) in [7, 11) is 1.33. The maximum atomic E-state index is 10.7. The van der Waals surface area contributed by atoms with Crippen LogP contribution in [0.5, 0.6) is 0 Å². The summed E-state index contributed by atoms with van der Waals surface area (Å²) >= 11 is 0. The molecule has 0 fully saturated rings. The third-order valence-corrected chi connectivity index (χ3v) is 3.01. The highest BCUT2D eigenvalue weighted by Crippen LogP contribution is 1.97. The Kier molecular flexibility index (Phi) is 22.2. The van der Waals surface area contributed by atoms with Crippen LogP contribution < -0.4 is 0 Å². The Morgan fingerprint density at radius 3 is 1.61 bits per heavy atom. The van der Waals surface area contributed by atoms with E-state index in [-0.39, 0.29) is 17.5 Å². The third-order valence-electron chi connectivity index (χ3n) is 3.01. The number of rotatable bonds is 7. The molecule has 6 heteroatoms. The predicted molar refractivity (Wildman–Crippen MR) is 126 cm³/mol. The van der Waals surface area contributed by atoms with Crippen LogP contribution >= 0.6 is 0 Å². The minimum absolute atomic E-state index is 0.176. The zero-order chi connectivity index (χ0) is 24.8. The first-order valence-electron chi connectivity index (χ1n) is 9.57. The molecule has 6 nitrogen and oxygen atoms in total. The number of carbonyl (C=O) groups is 3. The molecule has 1 aromatic rings. The average Bonchev–Trinajstić information content (AvgIpc) is 2.74. The van der Waals surface area contributed by atoms with Crippen LogP contribution in [0.1, 0.15) is 46.1 Å². The fourth-order valence-corrected chi connectivity index (χ4v) is 1.20. The average molecular weight is 433 g/mol. The molecule has 0 saturated carbocycles. The quantitative estimate of drug-likeness (QED) is 0.342. The molecule has 0 radical (unpaired) electrons. The van der Waals surface area contributed by atoms with Gasteiger partial charge < -0.3 is 14.6 Å². The Morgan fingerprint density at radius 1 is 0.935 bits per heavy atom. The monoisotopic (exact) mass is 432 g/mol. The first-order valence-corrected chi connectivity index (χ1v) is 9.57. The highest BCUT2D eigenvalue weighted by atomic mass is 16.5. The van der Waals surface area contributed by atoms with Gasteiger partial charge in [0.1, 0.15) is 0 Å². The van der Waals surface area contributed by atoms with Gasteiger partial charge in [-0.05, 0) is 32.8 Å². The van der Waals surface area contributed by atoms with E-state index in [4.69, 9.17) is 9.84 Å². The van der Waals surface area contributed by atoms with E-state index in [1.807, 2.05) is 36.4 Å². The Bertz CT molecular complexity index is 705. The molecule has 0 bridgehead atoms. The van der Waals surface area contributed by atoms with E-state index in [0.29, 0.717) is 17.8 Å². The lowest BCUT2D eigenvalue weighted by atomic mass is 10.2. The van der Waals surface area contributed by atoms with Crippen LogP contribution in [0.25, 0.3) is 6.08 Å². The lowest BCUT2D eigenvalue weighted by Gasteiger charge is -2.01. The first-order chi connectivity index (χ1) is 14.4. The van der Waals surface area contributed by atoms with Gasteiger partial charge >= 0.3 is 17.9 Å². The van der Waals surface area contributed by atoms with Crippen LogP contribution in [-0.2, 0) is 23.9 Å². The molecule has 0 heterocycles. The topological polar surface area (TPSA) is 89.9 Å². The molecular weight excluding hydrogens is 396 g/mol. The number of carboxylic acid groups (broad SMARTS) is 1. The van der Waals surface area contributed by atoms with Crippen molar-refractivity contribution in [2.24, 2.45) is 0 Å². The molecule has 31 heavy (non-hydrogen) atoms. The number of ether oxygens (including phenoxy) is 2. The van der Waals surface area contributed by atoms with Crippen molar-refractivity contribution in [3.8, 4) is 0 Å². The Balaban J connectivity index is -0.000000343. The van der Waals surface area contributed by atoms with Gasteiger partial charge in [0.2, 0.25) is 0 Å². The molecule has 0 unspecified atom stereocenters. The van der Waals surface area contributed by atoms with Gasteiger partial charge in [-0.2, -0.15) is 0 Å². The number of carbonyl (C=O) groups excluding carboxylic acids is 2. The van der Waals surface area contributed by atoms with Crippen molar-refractivity contribution in [2.45, 2.75) is 40.5 Å². The summed E-state index contributed by atoms with van der Waals surface area (Å²) in [6.45, 7) is 20.9. The zero-order valence-electron chi connectivity index (χ0n) is 19.4. The molecule has 0 atom stereocenters. The van der Waals surface area contributed by atoms with E-state index in [2.05, 4.69) is 38.0 Å². The van der Waals surface area contributed by atoms with Crippen molar-refractivity contribution in [2.75, 3.05) is 13.7 Å². The van der Waals surface area contributed by atoms with Crippen molar-refractivity contribution in [1.82, 2.24) is 0 Å². The van der Waals surface area contributed by atoms with Crippen LogP contribution in [0, 0.1) is 0 Å². The van der Waals surface area contributed by atoms with Crippen LogP contribution in [0.4, 0.5) is 0 Å². The van der Waals surface area contributed by atoms with E-state index < -0.39 is 5.97 Å². The fraction of sp³-hybridized carbons (Fsp3) is 0.320. The van der Waals surface area contributed by atoms with Gasteiger partial charge in [0, 0.05) is 16.7 Å². The Labute approximate surface area is 186 Å². The van der Waals surface area contributed by atoms with E-state index >= 15 is 0 Å². The van der Waals surface area contributed by atoms with Gasteiger partial charge in [0.15, 0.2) is 0 Å². The van der Waals surface area contributed by atoms with Gasteiger partial charge in [-0.15, -0.1) is 0 Å². The highest BCUT2D eigenvalue weighted by Gasteiger charge is 2.00. The van der Waals surface area contributed by atoms with Crippen molar-refractivity contribution in [1.29, 1.82) is 0 Å². The smallest absolute Gasteiger partial charge is 0.333 e. The van der Waals surface area contributed by atoms with Gasteiger partial charge in [-0.3, -0.25) is 0 Å². The van der Waals surface area contributed by atoms with Gasteiger partial charge in [0.05, 0.1) is 13.7 Å². The van der Waals surface area contributed by atoms with E-state index in [9.17, 15) is 14.4 Å². The van der Waals surface area contributed by atoms with Gasteiger partial charge in [-0.25, -0.2) is 14.4 Å². The van der Waals surface area contributed by atoms with Crippen LogP contribution in [0.2, 0.25) is 0 Å². The van der Waals surface area contributed by atoms with Crippen molar-refractivity contribution >= 4 is 24.0 Å². The molecule has 0 amide bonds. The second kappa shape index (κ2) is 21.3. The molecular formula is C25H36O6. The number of hydrogen-bond donors (Lipinski definition) is 1. The molecule has 1 aromatic carbocycles. The molecule has 1 rings (SSSR count). The second-order valence-corrected chi connectivity index (χ2v) is 6.24. The van der Waals surface area contributed by atoms with Crippen molar-refractivity contribution in [3.05, 3.63) is 78.9 Å². The number of carboxylic acids is 1. The molecule has 0 spiro atoms. The van der Waals surface area contributed by atoms with Crippen molar-refractivity contribution < 1.29 is 29.0 Å². The minimum atomic E-state index is -0.935. The molecule has 0 aliphatic heterocycles. The largest absolute Gasteiger partial charge is 0.478 e. The summed E-state index contributed by atoms with van der Waals surface area (Å²) in [5.74, 6) is -1.57. The maximum Gasteiger partial charge on any atom is 0.333 e. The van der Waals surface area contributed by atoms with Gasteiger partial charge in [0.25, 0.3) is 0 Å². The normalized spacial score (nSPS) is 8.29. The van der Waals surface area contributed by atoms with Crippen LogP contribution in [0.15, 0.2) is 73.4 Å². The number of unbranched alkanes of at least 4 members (excludes halogenated alkanes) is 1. The standard InChI is InChI=1S/C8H14O2.C8H8.C5H8O2.C4H6O2/c1-4-5-6-10-8(9)7(2)3;1-2-8-6-4-3-5-7-8;1-4(2)5(6)7-3;1-3(2)4(5)6/h2,4-6H2,1,3H3;2-7H,1H2;1H2,2-3H3;1H2,2H3,(H,5,6). The van der Waals surface area contributed by atoms with E-state index in [0.717, 1.165) is 12.8 Å². The Hall–Kier alpha value is -3.41. The molecule has 0 aliphatic carbocycles. The molecule has 0 aliphatic rings. The predicted octanol–water partition coefficient (Wildman–Crippen LogP) is 5.62. The summed E-state index contributed by atoms with van der Waals surface area (Å²) in [6.07, 6.45) is 3.81. The van der Waals surface area contributed by atoms with Gasteiger partial charge in [-0.1, -0.05) is 76.1 Å². The maximum absolute atomic E-state index is 10.7. The second-order valence-electron chi connectivity index (χ2n) is 6.24. The number of esters is 2. The zero-order valence-corrected chi connectivity index (χ0v) is 19.4. The summed E-state index contributed by atoms with van der Waals surface area (Å²) in [5.41, 5.74) is 2.25. The molecule has 1 N–H and O–H groups in total. The Morgan fingerprint density at radius 2 is 1.39 bits per heavy atom. The fourth-order valence-electron chi connectivity index (χ4n) is 1.20. The van der Waals surface area contributed by atoms with Crippen LogP contribution in [0.3, 0.4) is 0 Å². The minimum Gasteiger partial charge on any atom is -0.478 e. The number of hydrogen-bond acceptors (Lipinski definition) is 5. The lowest BCUT2D eigenvalue weighted by Crippen LogP contribution is -2.05. The first kappa shape index (κ1) is 32.3. The van der Waals surface area contributed by atoms with Crippen LogP contribution in [-0.4, -0.2) is 36.7 Å². The molecule has 0 saturated heterocycles. The lowest BCUT2D eigenvalue weighted by molar-refractivity contribution is -0.139. The van der Waals surface area contributed by atoms with E-state index in [1.54, 1.807) is 13.8 Å². The third kappa shape index (κ3) is 24.6. The van der Waals surface area contributed by atoms with E-state index in [1.165, 1.54) is 19.6 Å². The summed E-state index contributed by atoms with van der Waals surface area (Å²) in [4.78, 5) is 30.5. The molecule has 172 valence electrons. The SMILES string of the molecule is C=C(C)C(=O)O.C=C(C)C(=O)OC.C=C(C)C(=O)OCCCC.C=Cc1ccccc1. The van der Waals surface area contributed by atoms with Crippen molar-refractivity contribution in [3.63, 3.8) is 0 Å². The summed E-state index contributed by atoms with van der Waals surface area (Å²) in [5, 5.41) is 7.89. The number of aliphatic carboxylic acids is 1. The summed E-state index contributed by atoms with van der Waals surface area (Å²) < 4.78 is 9.08. The number of methoxy groups -OCH3 is 1. The summed E-state index contributed by atoms with van der Waals surface area (Å²) in [6, 6.07) is 10.0. The molecule has 0 aromatic heterocycles.